The summed E-state index contributed by atoms with van der Waals surface area (Å²) in [5.74, 6) is -1.83. The third-order valence-electron chi connectivity index (χ3n) is 4.44. The maximum atomic E-state index is 14.6. The molecule has 1 fully saturated rings. The molecule has 2 N–H and O–H groups in total. The van der Waals surface area contributed by atoms with Gasteiger partial charge in [-0.25, -0.2) is 9.18 Å². The smallest absolute Gasteiger partial charge is 0.341 e. The summed E-state index contributed by atoms with van der Waals surface area (Å²) in [6.07, 6.45) is 1.65. The number of nitrogens with one attached hydrogen (secondary N) is 1. The Labute approximate surface area is 150 Å². The lowest BCUT2D eigenvalue weighted by atomic mass is 10.1. The van der Waals surface area contributed by atoms with Crippen molar-refractivity contribution in [2.75, 3.05) is 24.5 Å². The largest absolute Gasteiger partial charge is 0.477 e. The number of anilines is 1. The first-order valence-electron chi connectivity index (χ1n) is 8.01. The fraction of sp³-hybridized carbons (Fsp3) is 0.412. The van der Waals surface area contributed by atoms with Gasteiger partial charge < -0.3 is 15.3 Å². The van der Waals surface area contributed by atoms with Crippen molar-refractivity contribution in [1.82, 2.24) is 9.72 Å². The number of rotatable bonds is 3. The average molecular weight is 370 g/mol. The van der Waals surface area contributed by atoms with Crippen LogP contribution >= 0.6 is 12.4 Å². The molecule has 0 bridgehead atoms. The fourth-order valence-corrected chi connectivity index (χ4v) is 3.20. The predicted molar refractivity (Wildman–Crippen MR) is 96.9 cm³/mol. The summed E-state index contributed by atoms with van der Waals surface area (Å²) < 4.78 is 15.7. The molecule has 2 aromatic rings. The van der Waals surface area contributed by atoms with Gasteiger partial charge in [-0.3, -0.25) is 9.20 Å². The molecule has 0 radical (unpaired) electrons. The van der Waals surface area contributed by atoms with Gasteiger partial charge in [-0.15, -0.1) is 12.4 Å². The number of halogens is 2. The standard InChI is InChI=1S/C17H20FN3O3.ClH/c1-3-11-6-12(17(23)24)16(22)21-9-13(18)15(7-14(11)21)20-5-4-19-10(2)8-20;/h6-7,9-10,19H,3-5,8H2,1-2H3,(H,23,24);1H. The molecule has 0 aliphatic carbocycles. The SMILES string of the molecule is CCc1cc(C(=O)O)c(=O)n2cc(F)c(N3CCNC(C)C3)cc12.Cl. The molecule has 6 nitrogen and oxygen atoms in total. The number of pyridine rings is 2. The summed E-state index contributed by atoms with van der Waals surface area (Å²) in [6, 6.07) is 3.29. The van der Waals surface area contributed by atoms with Crippen molar-refractivity contribution in [2.45, 2.75) is 26.3 Å². The van der Waals surface area contributed by atoms with Gasteiger partial charge >= 0.3 is 5.97 Å². The molecule has 0 spiro atoms. The number of hydrogen-bond acceptors (Lipinski definition) is 4. The minimum absolute atomic E-state index is 0. The molecule has 1 atom stereocenters. The Balaban J connectivity index is 0.00000225. The minimum atomic E-state index is -1.30. The third kappa shape index (κ3) is 3.48. The third-order valence-corrected chi connectivity index (χ3v) is 4.44. The van der Waals surface area contributed by atoms with Crippen molar-refractivity contribution < 1.29 is 14.3 Å². The lowest BCUT2D eigenvalue weighted by Crippen LogP contribution is -2.49. The maximum Gasteiger partial charge on any atom is 0.341 e. The first kappa shape index (κ1) is 19.2. The lowest BCUT2D eigenvalue weighted by Gasteiger charge is -2.34. The van der Waals surface area contributed by atoms with Gasteiger partial charge in [0.05, 0.1) is 17.4 Å². The molecule has 8 heteroatoms. The van der Waals surface area contributed by atoms with Gasteiger partial charge in [-0.2, -0.15) is 0 Å². The number of carboxylic acids is 1. The summed E-state index contributed by atoms with van der Waals surface area (Å²) in [6.45, 7) is 6.02. The van der Waals surface area contributed by atoms with Crippen LogP contribution in [0.25, 0.3) is 5.52 Å². The molecule has 3 rings (SSSR count). The second-order valence-corrected chi connectivity index (χ2v) is 6.11. The highest BCUT2D eigenvalue weighted by atomic mass is 35.5. The van der Waals surface area contributed by atoms with E-state index < -0.39 is 17.3 Å². The number of piperazine rings is 1. The highest BCUT2D eigenvalue weighted by molar-refractivity contribution is 5.88. The number of aromatic carboxylic acids is 1. The molecule has 136 valence electrons. The van der Waals surface area contributed by atoms with Gasteiger partial charge in [-0.1, -0.05) is 6.92 Å². The van der Waals surface area contributed by atoms with Crippen molar-refractivity contribution >= 4 is 29.6 Å². The topological polar surface area (TPSA) is 74.0 Å². The summed E-state index contributed by atoms with van der Waals surface area (Å²) in [4.78, 5) is 25.5. The van der Waals surface area contributed by atoms with Gasteiger partial charge in [0.1, 0.15) is 5.56 Å². The molecule has 1 aliphatic heterocycles. The number of hydrogen-bond donors (Lipinski definition) is 2. The van der Waals surface area contributed by atoms with E-state index in [1.54, 1.807) is 6.07 Å². The van der Waals surface area contributed by atoms with Gasteiger partial charge in [0.15, 0.2) is 5.82 Å². The van der Waals surface area contributed by atoms with Crippen LogP contribution < -0.4 is 15.8 Å². The van der Waals surface area contributed by atoms with E-state index >= 15 is 0 Å². The molecule has 3 heterocycles. The van der Waals surface area contributed by atoms with E-state index in [0.29, 0.717) is 36.3 Å². The molecule has 2 aromatic heterocycles. The van der Waals surface area contributed by atoms with E-state index in [1.165, 1.54) is 6.07 Å². The van der Waals surface area contributed by atoms with Crippen molar-refractivity contribution in [3.63, 3.8) is 0 Å². The van der Waals surface area contributed by atoms with Gasteiger partial charge in [-0.05, 0) is 31.0 Å². The number of carboxylic acid groups (broad SMARTS) is 1. The number of aromatic nitrogens is 1. The van der Waals surface area contributed by atoms with E-state index in [2.05, 4.69) is 5.32 Å². The number of carbonyl (C=O) groups is 1. The van der Waals surface area contributed by atoms with Gasteiger partial charge in [0, 0.05) is 25.7 Å². The van der Waals surface area contributed by atoms with Crippen LogP contribution in [-0.4, -0.2) is 41.2 Å². The zero-order valence-electron chi connectivity index (χ0n) is 14.1. The summed E-state index contributed by atoms with van der Waals surface area (Å²) in [5, 5.41) is 12.5. The van der Waals surface area contributed by atoms with Crippen LogP contribution in [0, 0.1) is 5.82 Å². The average Bonchev–Trinajstić information content (AvgIpc) is 2.55. The van der Waals surface area contributed by atoms with Crippen LogP contribution in [0.3, 0.4) is 0 Å². The van der Waals surface area contributed by atoms with Crippen molar-refractivity contribution in [3.8, 4) is 0 Å². The Morgan fingerprint density at radius 2 is 2.16 bits per heavy atom. The van der Waals surface area contributed by atoms with E-state index in [4.69, 9.17) is 0 Å². The molecule has 0 amide bonds. The molecule has 1 aliphatic rings. The minimum Gasteiger partial charge on any atom is -0.477 e. The molecule has 25 heavy (non-hydrogen) atoms. The van der Waals surface area contributed by atoms with Crippen molar-refractivity contribution in [2.24, 2.45) is 0 Å². The normalized spacial score (nSPS) is 17.4. The number of aryl methyl sites for hydroxylation is 1. The van der Waals surface area contributed by atoms with Gasteiger partial charge in [0.25, 0.3) is 5.56 Å². The Kier molecular flexibility index (Phi) is 5.69. The first-order chi connectivity index (χ1) is 11.4. The Morgan fingerprint density at radius 1 is 1.44 bits per heavy atom. The summed E-state index contributed by atoms with van der Waals surface area (Å²) in [5.41, 5.74) is 0.646. The second-order valence-electron chi connectivity index (χ2n) is 6.11. The van der Waals surface area contributed by atoms with Crippen LogP contribution in [0.5, 0.6) is 0 Å². The zero-order chi connectivity index (χ0) is 17.4. The maximum absolute atomic E-state index is 14.6. The van der Waals surface area contributed by atoms with Crippen LogP contribution in [0.2, 0.25) is 0 Å². The zero-order valence-corrected chi connectivity index (χ0v) is 14.9. The highest BCUT2D eigenvalue weighted by Gasteiger charge is 2.21. The van der Waals surface area contributed by atoms with Crippen LogP contribution in [0.15, 0.2) is 23.1 Å². The Morgan fingerprint density at radius 3 is 2.76 bits per heavy atom. The molecule has 0 aromatic carbocycles. The van der Waals surface area contributed by atoms with E-state index in [-0.39, 0.29) is 24.0 Å². The monoisotopic (exact) mass is 369 g/mol. The molecule has 1 saturated heterocycles. The van der Waals surface area contributed by atoms with Crippen molar-refractivity contribution in [3.05, 3.63) is 45.6 Å². The first-order valence-corrected chi connectivity index (χ1v) is 8.01. The van der Waals surface area contributed by atoms with Crippen molar-refractivity contribution in [1.29, 1.82) is 0 Å². The highest BCUT2D eigenvalue weighted by Crippen LogP contribution is 2.24. The second kappa shape index (κ2) is 7.41. The summed E-state index contributed by atoms with van der Waals surface area (Å²) in [7, 11) is 0. The van der Waals surface area contributed by atoms with Crippen LogP contribution in [0.4, 0.5) is 10.1 Å². The molecule has 0 saturated carbocycles. The lowest BCUT2D eigenvalue weighted by molar-refractivity contribution is 0.0694. The quantitative estimate of drug-likeness (QED) is 0.864. The fourth-order valence-electron chi connectivity index (χ4n) is 3.20. The molecule has 1 unspecified atom stereocenters. The van der Waals surface area contributed by atoms with Gasteiger partial charge in [0.2, 0.25) is 0 Å². The Bertz CT molecular complexity index is 868. The predicted octanol–water partition coefficient (Wildman–Crippen LogP) is 1.92. The van der Waals surface area contributed by atoms with E-state index in [1.807, 2.05) is 18.7 Å². The van der Waals surface area contributed by atoms with Crippen LogP contribution in [0.1, 0.15) is 29.8 Å². The van der Waals surface area contributed by atoms with Crippen LogP contribution in [-0.2, 0) is 6.42 Å². The molecular weight excluding hydrogens is 349 g/mol. The van der Waals surface area contributed by atoms with E-state index in [0.717, 1.165) is 17.1 Å². The number of nitrogens with zero attached hydrogens (tertiary/aromatic N) is 2. The summed E-state index contributed by atoms with van der Waals surface area (Å²) >= 11 is 0. The number of fused-ring (bicyclic) bond motifs is 1. The Hall–Kier alpha value is -2.12. The van der Waals surface area contributed by atoms with E-state index in [9.17, 15) is 19.1 Å². The molecular formula is C17H21ClFN3O3.